The van der Waals surface area contributed by atoms with Gasteiger partial charge in [-0.25, -0.2) is 4.79 Å². The maximum Gasteiger partial charge on any atom is 0.335 e. The Labute approximate surface area is 142 Å². The minimum absolute atomic E-state index is 0.136. The van der Waals surface area contributed by atoms with Crippen LogP contribution in [0.25, 0.3) is 22.2 Å². The van der Waals surface area contributed by atoms with Crippen LogP contribution in [0.1, 0.15) is 15.9 Å². The summed E-state index contributed by atoms with van der Waals surface area (Å²) in [6.07, 6.45) is 1.81. The number of hydrogen-bond acceptors (Lipinski definition) is 3. The van der Waals surface area contributed by atoms with E-state index in [1.54, 1.807) is 17.8 Å². The number of hydrogen-bond donors (Lipinski definition) is 3. The molecule has 3 aromatic rings. The van der Waals surface area contributed by atoms with Crippen molar-refractivity contribution >= 4 is 34.6 Å². The molecule has 0 radical (unpaired) electrons. The molecule has 0 spiro atoms. The lowest BCUT2D eigenvalue weighted by molar-refractivity contribution is -0.136. The molecule has 0 saturated heterocycles. The van der Waals surface area contributed by atoms with Gasteiger partial charge in [-0.1, -0.05) is 12.1 Å². The summed E-state index contributed by atoms with van der Waals surface area (Å²) in [5.41, 5.74) is 3.04. The normalized spacial score (nSPS) is 10.9. The Hall–Kier alpha value is -2.73. The van der Waals surface area contributed by atoms with Crippen LogP contribution < -0.4 is 0 Å². The number of carbonyl (C=O) groups is 2. The molecule has 2 aromatic carbocycles. The second-order valence-electron chi connectivity index (χ2n) is 5.34. The second kappa shape index (κ2) is 6.41. The summed E-state index contributed by atoms with van der Waals surface area (Å²) in [6.45, 7) is 0. The van der Waals surface area contributed by atoms with Gasteiger partial charge in [0.05, 0.1) is 17.7 Å². The first-order chi connectivity index (χ1) is 11.5. The maximum atomic E-state index is 11.3. The lowest BCUT2D eigenvalue weighted by Gasteiger charge is -2.04. The van der Waals surface area contributed by atoms with Crippen molar-refractivity contribution in [3.05, 3.63) is 53.6 Å². The first-order valence-corrected chi connectivity index (χ1v) is 8.46. The van der Waals surface area contributed by atoms with Crippen LogP contribution in [0, 0.1) is 0 Å². The van der Waals surface area contributed by atoms with Gasteiger partial charge in [0, 0.05) is 15.8 Å². The molecular formula is C18H15NO4S. The van der Waals surface area contributed by atoms with E-state index in [2.05, 4.69) is 4.98 Å². The van der Waals surface area contributed by atoms with Gasteiger partial charge < -0.3 is 15.2 Å². The van der Waals surface area contributed by atoms with Crippen LogP contribution in [0.2, 0.25) is 0 Å². The van der Waals surface area contributed by atoms with Crippen molar-refractivity contribution in [2.24, 2.45) is 0 Å². The van der Waals surface area contributed by atoms with Crippen molar-refractivity contribution in [3.63, 3.8) is 0 Å². The van der Waals surface area contributed by atoms with Gasteiger partial charge in [-0.15, -0.1) is 11.8 Å². The first kappa shape index (κ1) is 16.1. The van der Waals surface area contributed by atoms with Gasteiger partial charge in [0.25, 0.3) is 0 Å². The number of fused-ring (bicyclic) bond motifs is 1. The molecule has 0 unspecified atom stereocenters. The predicted molar refractivity (Wildman–Crippen MR) is 93.8 cm³/mol. The molecule has 122 valence electrons. The van der Waals surface area contributed by atoms with Crippen molar-refractivity contribution in [2.45, 2.75) is 11.3 Å². The molecule has 0 atom stereocenters. The maximum absolute atomic E-state index is 11.3. The van der Waals surface area contributed by atoms with Crippen molar-refractivity contribution in [3.8, 4) is 11.3 Å². The van der Waals surface area contributed by atoms with E-state index in [1.165, 1.54) is 12.1 Å². The van der Waals surface area contributed by atoms with Crippen molar-refractivity contribution in [2.75, 3.05) is 6.26 Å². The zero-order valence-electron chi connectivity index (χ0n) is 12.9. The number of H-pyrrole nitrogens is 1. The summed E-state index contributed by atoms with van der Waals surface area (Å²) >= 11 is 1.63. The fourth-order valence-electron chi connectivity index (χ4n) is 2.72. The van der Waals surface area contributed by atoms with E-state index >= 15 is 0 Å². The number of aliphatic carboxylic acids is 1. The van der Waals surface area contributed by atoms with Crippen LogP contribution >= 0.6 is 11.8 Å². The third-order valence-corrected chi connectivity index (χ3v) is 4.60. The van der Waals surface area contributed by atoms with Crippen LogP contribution in [0.5, 0.6) is 0 Å². The Bertz CT molecular complexity index is 928. The lowest BCUT2D eigenvalue weighted by atomic mass is 10.0. The number of aromatic amines is 1. The number of benzene rings is 2. The smallest absolute Gasteiger partial charge is 0.335 e. The minimum atomic E-state index is -1.04. The summed E-state index contributed by atoms with van der Waals surface area (Å²) in [7, 11) is 0. The van der Waals surface area contributed by atoms with Crippen LogP contribution in [0.15, 0.2) is 47.4 Å². The molecule has 5 nitrogen and oxygen atoms in total. The van der Waals surface area contributed by atoms with Gasteiger partial charge in [0.2, 0.25) is 0 Å². The molecule has 3 N–H and O–H groups in total. The third-order valence-electron chi connectivity index (χ3n) is 3.86. The highest BCUT2D eigenvalue weighted by Gasteiger charge is 2.17. The highest BCUT2D eigenvalue weighted by atomic mass is 32.2. The van der Waals surface area contributed by atoms with Crippen LogP contribution in [-0.4, -0.2) is 33.4 Å². The van der Waals surface area contributed by atoms with Gasteiger partial charge in [-0.2, -0.15) is 0 Å². The SMILES string of the molecule is CSc1ccc(-c2[nH]c3ccc(C(=O)O)cc3c2CC(=O)O)cc1. The Morgan fingerprint density at radius 1 is 1.08 bits per heavy atom. The molecule has 1 aromatic heterocycles. The molecule has 0 amide bonds. The summed E-state index contributed by atoms with van der Waals surface area (Å²) < 4.78 is 0. The fraction of sp³-hybridized carbons (Fsp3) is 0.111. The second-order valence-corrected chi connectivity index (χ2v) is 6.22. The number of rotatable bonds is 5. The van der Waals surface area contributed by atoms with Crippen LogP contribution in [0.3, 0.4) is 0 Å². The summed E-state index contributed by atoms with van der Waals surface area (Å²) in [4.78, 5) is 26.8. The zero-order chi connectivity index (χ0) is 17.3. The van der Waals surface area contributed by atoms with Gasteiger partial charge in [-0.05, 0) is 47.7 Å². The van der Waals surface area contributed by atoms with E-state index in [0.29, 0.717) is 16.6 Å². The monoisotopic (exact) mass is 341 g/mol. The van der Waals surface area contributed by atoms with Crippen LogP contribution in [-0.2, 0) is 11.2 Å². The molecule has 6 heteroatoms. The number of aromatic nitrogens is 1. The highest BCUT2D eigenvalue weighted by molar-refractivity contribution is 7.98. The molecular weight excluding hydrogens is 326 g/mol. The molecule has 0 saturated carbocycles. The number of carboxylic acids is 2. The van der Waals surface area contributed by atoms with Gasteiger partial charge in [-0.3, -0.25) is 4.79 Å². The van der Waals surface area contributed by atoms with Crippen molar-refractivity contribution < 1.29 is 19.8 Å². The quantitative estimate of drug-likeness (QED) is 0.613. The van der Waals surface area contributed by atoms with Crippen LogP contribution in [0.4, 0.5) is 0 Å². The van der Waals surface area contributed by atoms with Gasteiger partial charge >= 0.3 is 11.9 Å². The summed E-state index contributed by atoms with van der Waals surface area (Å²) in [6, 6.07) is 12.5. The molecule has 0 fully saturated rings. The first-order valence-electron chi connectivity index (χ1n) is 7.23. The average molecular weight is 341 g/mol. The third kappa shape index (κ3) is 3.00. The fourth-order valence-corrected chi connectivity index (χ4v) is 3.13. The highest BCUT2D eigenvalue weighted by Crippen LogP contribution is 2.32. The molecule has 1 heterocycles. The van der Waals surface area contributed by atoms with E-state index in [9.17, 15) is 14.7 Å². The molecule has 0 aliphatic rings. The molecule has 0 aliphatic heterocycles. The molecule has 0 aliphatic carbocycles. The Morgan fingerprint density at radius 3 is 2.38 bits per heavy atom. The van der Waals surface area contributed by atoms with E-state index < -0.39 is 11.9 Å². The summed E-state index contributed by atoms with van der Waals surface area (Å²) in [5, 5.41) is 19.0. The number of nitrogens with one attached hydrogen (secondary N) is 1. The van der Waals surface area contributed by atoms with Gasteiger partial charge in [0.15, 0.2) is 0 Å². The van der Waals surface area contributed by atoms with E-state index in [4.69, 9.17) is 5.11 Å². The Morgan fingerprint density at radius 2 is 1.79 bits per heavy atom. The predicted octanol–water partition coefficient (Wildman–Crippen LogP) is 3.88. The summed E-state index contributed by atoms with van der Waals surface area (Å²) in [5.74, 6) is -2.00. The zero-order valence-corrected chi connectivity index (χ0v) is 13.7. The minimum Gasteiger partial charge on any atom is -0.481 e. The van der Waals surface area contributed by atoms with E-state index in [-0.39, 0.29) is 12.0 Å². The number of aromatic carboxylic acids is 1. The van der Waals surface area contributed by atoms with Crippen molar-refractivity contribution in [1.82, 2.24) is 4.98 Å². The van der Waals surface area contributed by atoms with Gasteiger partial charge in [0.1, 0.15) is 0 Å². The number of thioether (sulfide) groups is 1. The Balaban J connectivity index is 2.21. The largest absolute Gasteiger partial charge is 0.481 e. The molecule has 24 heavy (non-hydrogen) atoms. The topological polar surface area (TPSA) is 90.4 Å². The average Bonchev–Trinajstić information content (AvgIpc) is 2.92. The standard InChI is InChI=1S/C18H15NO4S/c1-24-12-5-2-10(3-6-12)17-14(9-16(20)21)13-8-11(18(22)23)4-7-15(13)19-17/h2-8,19H,9H2,1H3,(H,20,21)(H,22,23). The molecule has 0 bridgehead atoms. The molecule has 3 rings (SSSR count). The van der Waals surface area contributed by atoms with Crippen molar-refractivity contribution in [1.29, 1.82) is 0 Å². The van der Waals surface area contributed by atoms with E-state index in [0.717, 1.165) is 16.0 Å². The Kier molecular flexibility index (Phi) is 4.31. The number of carboxylic acid groups (broad SMARTS) is 2. The lowest BCUT2D eigenvalue weighted by Crippen LogP contribution is -2.01. The van der Waals surface area contributed by atoms with E-state index in [1.807, 2.05) is 30.5 Å².